The van der Waals surface area contributed by atoms with Crippen LogP contribution in [0.25, 0.3) is 0 Å². The molecule has 1 amide bonds. The minimum Gasteiger partial charge on any atom is -0.361 e. The van der Waals surface area contributed by atoms with Crippen LogP contribution in [0.3, 0.4) is 0 Å². The van der Waals surface area contributed by atoms with Crippen molar-refractivity contribution in [3.63, 3.8) is 0 Å². The smallest absolute Gasteiger partial charge is 0.276 e. The zero-order chi connectivity index (χ0) is 18.8. The lowest BCUT2D eigenvalue weighted by Crippen LogP contribution is -2.31. The predicted molar refractivity (Wildman–Crippen MR) is 98.5 cm³/mol. The lowest BCUT2D eigenvalue weighted by Gasteiger charge is -2.24. The van der Waals surface area contributed by atoms with E-state index in [2.05, 4.69) is 25.4 Å². The van der Waals surface area contributed by atoms with Gasteiger partial charge in [-0.1, -0.05) is 11.2 Å². The van der Waals surface area contributed by atoms with Gasteiger partial charge >= 0.3 is 0 Å². The molecule has 0 radical (unpaired) electrons. The zero-order valence-corrected chi connectivity index (χ0v) is 15.2. The number of likely N-dealkylation sites (tertiary alicyclic amines) is 1. The van der Waals surface area contributed by atoms with Crippen molar-refractivity contribution in [3.05, 3.63) is 59.5 Å². The summed E-state index contributed by atoms with van der Waals surface area (Å²) in [4.78, 5) is 28.1. The Kier molecular flexibility index (Phi) is 4.53. The van der Waals surface area contributed by atoms with Crippen LogP contribution >= 0.6 is 0 Å². The second kappa shape index (κ2) is 7.14. The number of carbonyl (C=O) groups is 1. The largest absolute Gasteiger partial charge is 0.361 e. The minimum absolute atomic E-state index is 0.153. The van der Waals surface area contributed by atoms with E-state index in [0.717, 1.165) is 24.2 Å². The second-order valence-electron chi connectivity index (χ2n) is 6.56. The Morgan fingerprint density at radius 3 is 2.89 bits per heavy atom. The van der Waals surface area contributed by atoms with Gasteiger partial charge in [-0.05, 0) is 38.8 Å². The van der Waals surface area contributed by atoms with Crippen molar-refractivity contribution in [2.75, 3.05) is 11.9 Å². The molecule has 1 aliphatic rings. The number of aromatic nitrogens is 4. The summed E-state index contributed by atoms with van der Waals surface area (Å²) in [5, 5.41) is 7.10. The maximum absolute atomic E-state index is 12.9. The predicted octanol–water partition coefficient (Wildman–Crippen LogP) is 3.20. The molecular formula is C19H20N6O2. The average Bonchev–Trinajstić information content (AvgIpc) is 3.31. The molecule has 8 nitrogen and oxygen atoms in total. The molecule has 0 unspecified atom stereocenters. The molecule has 1 fully saturated rings. The third-order valence-electron chi connectivity index (χ3n) is 4.54. The Hall–Kier alpha value is -3.29. The van der Waals surface area contributed by atoms with Crippen LogP contribution in [0.1, 0.15) is 46.5 Å². The van der Waals surface area contributed by atoms with Crippen LogP contribution in [0.15, 0.2) is 41.2 Å². The van der Waals surface area contributed by atoms with Crippen LogP contribution in [-0.2, 0) is 0 Å². The normalized spacial score (nSPS) is 16.5. The van der Waals surface area contributed by atoms with Gasteiger partial charge < -0.3 is 14.7 Å². The van der Waals surface area contributed by atoms with Gasteiger partial charge in [0.05, 0.1) is 6.04 Å². The molecule has 0 spiro atoms. The van der Waals surface area contributed by atoms with Gasteiger partial charge in [0.25, 0.3) is 5.91 Å². The van der Waals surface area contributed by atoms with Crippen LogP contribution < -0.4 is 5.32 Å². The number of nitrogens with one attached hydrogen (secondary N) is 1. The van der Waals surface area contributed by atoms with E-state index >= 15 is 0 Å². The van der Waals surface area contributed by atoms with E-state index in [0.29, 0.717) is 29.6 Å². The van der Waals surface area contributed by atoms with Crippen LogP contribution in [-0.4, -0.2) is 37.5 Å². The standard InChI is InChI=1S/C19H20N6O2/c1-12-5-3-7-16(22-12)23-18-17(20-8-9-21-18)15-6-4-10-25(15)19(26)14-11-13(2)27-24-14/h3,5,7-9,11,15H,4,6,10H2,1-2H3,(H,21,22,23)/t15-/m1/s1. The minimum atomic E-state index is -0.171. The molecule has 1 aliphatic heterocycles. The topological polar surface area (TPSA) is 97.0 Å². The first-order valence-electron chi connectivity index (χ1n) is 8.87. The summed E-state index contributed by atoms with van der Waals surface area (Å²) >= 11 is 0. The van der Waals surface area contributed by atoms with Gasteiger partial charge in [0.2, 0.25) is 0 Å². The third kappa shape index (κ3) is 3.51. The highest BCUT2D eigenvalue weighted by atomic mass is 16.5. The molecule has 0 aliphatic carbocycles. The monoisotopic (exact) mass is 364 g/mol. The summed E-state index contributed by atoms with van der Waals surface area (Å²) in [5.74, 6) is 1.76. The highest BCUT2D eigenvalue weighted by molar-refractivity contribution is 5.92. The van der Waals surface area contributed by atoms with Crippen LogP contribution in [0, 0.1) is 13.8 Å². The maximum Gasteiger partial charge on any atom is 0.276 e. The number of carbonyl (C=O) groups excluding carboxylic acids is 1. The molecule has 1 N–H and O–H groups in total. The van der Waals surface area contributed by atoms with Crippen LogP contribution in [0.4, 0.5) is 11.6 Å². The van der Waals surface area contributed by atoms with Gasteiger partial charge in [-0.25, -0.2) is 9.97 Å². The fourth-order valence-corrected chi connectivity index (χ4v) is 3.33. The van der Waals surface area contributed by atoms with E-state index in [4.69, 9.17) is 4.52 Å². The maximum atomic E-state index is 12.9. The molecule has 0 saturated carbocycles. The molecule has 8 heteroatoms. The molecule has 4 rings (SSSR count). The summed E-state index contributed by atoms with van der Waals surface area (Å²) in [6.45, 7) is 4.35. The van der Waals surface area contributed by atoms with E-state index in [1.165, 1.54) is 0 Å². The number of aryl methyl sites for hydroxylation is 2. The number of hydrogen-bond donors (Lipinski definition) is 1. The highest BCUT2D eigenvalue weighted by Gasteiger charge is 2.34. The zero-order valence-electron chi connectivity index (χ0n) is 15.2. The van der Waals surface area contributed by atoms with Crippen LogP contribution in [0.2, 0.25) is 0 Å². The van der Waals surface area contributed by atoms with Crippen molar-refractivity contribution in [1.82, 2.24) is 25.0 Å². The third-order valence-corrected chi connectivity index (χ3v) is 4.54. The Morgan fingerprint density at radius 2 is 2.11 bits per heavy atom. The van der Waals surface area contributed by atoms with Gasteiger partial charge in [-0.15, -0.1) is 0 Å². The lowest BCUT2D eigenvalue weighted by atomic mass is 10.1. The molecule has 1 atom stereocenters. The van der Waals surface area contributed by atoms with Gasteiger partial charge in [0, 0.05) is 30.7 Å². The number of nitrogens with zero attached hydrogens (tertiary/aromatic N) is 5. The summed E-state index contributed by atoms with van der Waals surface area (Å²) in [6, 6.07) is 7.22. The van der Waals surface area contributed by atoms with Crippen molar-refractivity contribution in [2.24, 2.45) is 0 Å². The first kappa shape index (κ1) is 17.1. The van der Waals surface area contributed by atoms with E-state index in [1.807, 2.05) is 25.1 Å². The Labute approximate surface area is 156 Å². The van der Waals surface area contributed by atoms with Gasteiger partial charge in [-0.2, -0.15) is 0 Å². The van der Waals surface area contributed by atoms with E-state index < -0.39 is 0 Å². The van der Waals surface area contributed by atoms with Gasteiger partial charge in [0.15, 0.2) is 11.5 Å². The summed E-state index contributed by atoms with van der Waals surface area (Å²) < 4.78 is 5.05. The Morgan fingerprint density at radius 1 is 1.26 bits per heavy atom. The fraction of sp³-hybridized carbons (Fsp3) is 0.316. The summed E-state index contributed by atoms with van der Waals surface area (Å²) in [6.07, 6.45) is 4.98. The fourth-order valence-electron chi connectivity index (χ4n) is 3.33. The molecule has 4 heterocycles. The van der Waals surface area contributed by atoms with Crippen molar-refractivity contribution >= 4 is 17.5 Å². The van der Waals surface area contributed by atoms with Crippen LogP contribution in [0.5, 0.6) is 0 Å². The van der Waals surface area contributed by atoms with Crippen molar-refractivity contribution in [1.29, 1.82) is 0 Å². The van der Waals surface area contributed by atoms with Crippen molar-refractivity contribution < 1.29 is 9.32 Å². The van der Waals surface area contributed by atoms with Crippen molar-refractivity contribution in [2.45, 2.75) is 32.7 Å². The Bertz CT molecular complexity index is 970. The molecule has 3 aromatic rings. The SMILES string of the molecule is Cc1cccc(Nc2nccnc2[C@H]2CCCN2C(=O)c2cc(C)on2)n1. The first-order valence-corrected chi connectivity index (χ1v) is 8.87. The quantitative estimate of drug-likeness (QED) is 0.759. The van der Waals surface area contributed by atoms with E-state index in [9.17, 15) is 4.79 Å². The number of pyridine rings is 1. The van der Waals surface area contributed by atoms with Gasteiger partial charge in [-0.3, -0.25) is 9.78 Å². The molecule has 138 valence electrons. The molecular weight excluding hydrogens is 344 g/mol. The average molecular weight is 364 g/mol. The molecule has 1 saturated heterocycles. The van der Waals surface area contributed by atoms with E-state index in [1.54, 1.807) is 30.3 Å². The van der Waals surface area contributed by atoms with Gasteiger partial charge in [0.1, 0.15) is 17.3 Å². The second-order valence-corrected chi connectivity index (χ2v) is 6.56. The summed E-state index contributed by atoms with van der Waals surface area (Å²) in [5.41, 5.74) is 1.95. The molecule has 0 aromatic carbocycles. The lowest BCUT2D eigenvalue weighted by molar-refractivity contribution is 0.0722. The highest BCUT2D eigenvalue weighted by Crippen LogP contribution is 2.35. The number of rotatable bonds is 4. The molecule has 0 bridgehead atoms. The molecule has 3 aromatic heterocycles. The first-order chi connectivity index (χ1) is 13.1. The summed E-state index contributed by atoms with van der Waals surface area (Å²) in [7, 11) is 0. The Balaban J connectivity index is 1.63. The van der Waals surface area contributed by atoms with Crippen molar-refractivity contribution in [3.8, 4) is 0 Å². The van der Waals surface area contributed by atoms with E-state index in [-0.39, 0.29) is 11.9 Å². The number of hydrogen-bond acceptors (Lipinski definition) is 7. The number of amides is 1. The number of anilines is 2. The molecule has 27 heavy (non-hydrogen) atoms.